The predicted octanol–water partition coefficient (Wildman–Crippen LogP) is 3.72. The van der Waals surface area contributed by atoms with Crippen LogP contribution in [0.15, 0.2) is 29.2 Å². The van der Waals surface area contributed by atoms with Crippen LogP contribution < -0.4 is 5.32 Å². The Kier molecular flexibility index (Phi) is 4.25. The maximum absolute atomic E-state index is 12.0. The lowest BCUT2D eigenvalue weighted by molar-refractivity contribution is 0.348. The molecule has 2 aliphatic carbocycles. The van der Waals surface area contributed by atoms with Crippen LogP contribution in [-0.4, -0.2) is 20.7 Å². The van der Waals surface area contributed by atoms with Crippen LogP contribution in [0.1, 0.15) is 39.0 Å². The van der Waals surface area contributed by atoms with Crippen LogP contribution >= 0.6 is 0 Å². The molecule has 4 heteroatoms. The molecule has 0 aliphatic heterocycles. The molecule has 2 bridgehead atoms. The van der Waals surface area contributed by atoms with Gasteiger partial charge < -0.3 is 5.32 Å². The zero-order chi connectivity index (χ0) is 14.9. The fraction of sp³-hybridized carbons (Fsp3) is 0.647. The summed E-state index contributed by atoms with van der Waals surface area (Å²) in [5, 5.41) is 3.49. The number of hydrogen-bond acceptors (Lipinski definition) is 3. The molecule has 0 aromatic heterocycles. The second-order valence-corrected chi connectivity index (χ2v) is 8.77. The average molecular weight is 307 g/mol. The highest BCUT2D eigenvalue weighted by atomic mass is 32.2. The number of anilines is 1. The Bertz CT molecular complexity index is 579. The normalized spacial score (nSPS) is 28.0. The molecule has 3 rings (SSSR count). The van der Waals surface area contributed by atoms with Crippen LogP contribution in [0.3, 0.4) is 0 Å². The Morgan fingerprint density at radius 1 is 1.14 bits per heavy atom. The highest BCUT2D eigenvalue weighted by molar-refractivity contribution is 7.91. The molecular weight excluding hydrogens is 282 g/mol. The standard InChI is InChI=1S/C17H25NO2S/c1-2-9-21(19,20)17-7-5-16(6-8-17)18-12-15-11-13-3-4-14(15)10-13/h5-8,13-15,18H,2-4,9-12H2,1H3. The molecule has 0 spiro atoms. The van der Waals surface area contributed by atoms with Crippen molar-refractivity contribution in [2.75, 3.05) is 17.6 Å². The monoisotopic (exact) mass is 307 g/mol. The number of hydrogen-bond donors (Lipinski definition) is 1. The van der Waals surface area contributed by atoms with Crippen molar-refractivity contribution in [3.8, 4) is 0 Å². The summed E-state index contributed by atoms with van der Waals surface area (Å²) < 4.78 is 24.0. The van der Waals surface area contributed by atoms with Gasteiger partial charge in [-0.1, -0.05) is 13.3 Å². The molecule has 1 aromatic rings. The summed E-state index contributed by atoms with van der Waals surface area (Å²) in [5.41, 5.74) is 1.04. The fourth-order valence-corrected chi connectivity index (χ4v) is 5.37. The summed E-state index contributed by atoms with van der Waals surface area (Å²) in [6.45, 7) is 2.92. The van der Waals surface area contributed by atoms with Gasteiger partial charge in [-0.2, -0.15) is 0 Å². The first-order valence-electron chi connectivity index (χ1n) is 8.15. The highest BCUT2D eigenvalue weighted by Crippen LogP contribution is 2.48. The summed E-state index contributed by atoms with van der Waals surface area (Å²) in [5.74, 6) is 2.94. The molecule has 0 heterocycles. The zero-order valence-electron chi connectivity index (χ0n) is 12.7. The van der Waals surface area contributed by atoms with Crippen LogP contribution in [-0.2, 0) is 9.84 Å². The van der Waals surface area contributed by atoms with E-state index in [4.69, 9.17) is 0 Å². The number of sulfone groups is 1. The predicted molar refractivity (Wildman–Crippen MR) is 86.2 cm³/mol. The molecule has 0 amide bonds. The lowest BCUT2D eigenvalue weighted by atomic mass is 9.89. The molecular formula is C17H25NO2S. The maximum atomic E-state index is 12.0. The van der Waals surface area contributed by atoms with Crippen LogP contribution in [0.4, 0.5) is 5.69 Å². The van der Waals surface area contributed by atoms with Crippen molar-refractivity contribution in [1.82, 2.24) is 0 Å². The van der Waals surface area contributed by atoms with E-state index < -0.39 is 9.84 Å². The van der Waals surface area contributed by atoms with E-state index in [2.05, 4.69) is 5.32 Å². The third-order valence-corrected chi connectivity index (χ3v) is 7.08. The van der Waals surface area contributed by atoms with Crippen LogP contribution in [0, 0.1) is 17.8 Å². The molecule has 2 fully saturated rings. The zero-order valence-corrected chi connectivity index (χ0v) is 13.5. The first-order chi connectivity index (χ1) is 10.1. The van der Waals surface area contributed by atoms with E-state index >= 15 is 0 Å². The Balaban J connectivity index is 1.57. The van der Waals surface area contributed by atoms with Crippen molar-refractivity contribution < 1.29 is 8.42 Å². The minimum absolute atomic E-state index is 0.227. The molecule has 21 heavy (non-hydrogen) atoms. The smallest absolute Gasteiger partial charge is 0.178 e. The quantitative estimate of drug-likeness (QED) is 0.871. The highest BCUT2D eigenvalue weighted by Gasteiger charge is 2.38. The van der Waals surface area contributed by atoms with E-state index in [-0.39, 0.29) is 5.75 Å². The minimum Gasteiger partial charge on any atom is -0.385 e. The lowest BCUT2D eigenvalue weighted by Gasteiger charge is -2.22. The van der Waals surface area contributed by atoms with Crippen molar-refractivity contribution in [3.63, 3.8) is 0 Å². The summed E-state index contributed by atoms with van der Waals surface area (Å²) in [4.78, 5) is 0.440. The van der Waals surface area contributed by atoms with Crippen molar-refractivity contribution in [3.05, 3.63) is 24.3 Å². The number of benzene rings is 1. The van der Waals surface area contributed by atoms with Crippen molar-refractivity contribution >= 4 is 15.5 Å². The molecule has 0 radical (unpaired) electrons. The van der Waals surface area contributed by atoms with Gasteiger partial charge in [0.15, 0.2) is 9.84 Å². The number of fused-ring (bicyclic) bond motifs is 2. The summed E-state index contributed by atoms with van der Waals surface area (Å²) in [6.07, 6.45) is 6.31. The van der Waals surface area contributed by atoms with Gasteiger partial charge in [-0.25, -0.2) is 8.42 Å². The molecule has 2 aliphatic rings. The Morgan fingerprint density at radius 3 is 2.48 bits per heavy atom. The first-order valence-corrected chi connectivity index (χ1v) is 9.80. The van der Waals surface area contributed by atoms with Gasteiger partial charge >= 0.3 is 0 Å². The van der Waals surface area contributed by atoms with Gasteiger partial charge in [-0.05, 0) is 67.7 Å². The van der Waals surface area contributed by atoms with Crippen molar-refractivity contribution in [2.45, 2.75) is 43.9 Å². The van der Waals surface area contributed by atoms with Crippen LogP contribution in [0.5, 0.6) is 0 Å². The van der Waals surface area contributed by atoms with E-state index in [9.17, 15) is 8.42 Å². The summed E-state index contributed by atoms with van der Waals surface area (Å²) >= 11 is 0. The molecule has 1 aromatic carbocycles. The van der Waals surface area contributed by atoms with Gasteiger partial charge in [0.2, 0.25) is 0 Å². The fourth-order valence-electron chi connectivity index (χ4n) is 4.04. The number of nitrogens with one attached hydrogen (secondary N) is 1. The van der Waals surface area contributed by atoms with Gasteiger partial charge in [0, 0.05) is 12.2 Å². The topological polar surface area (TPSA) is 46.2 Å². The number of rotatable bonds is 6. The first kappa shape index (κ1) is 14.9. The van der Waals surface area contributed by atoms with E-state index in [1.165, 1.54) is 25.7 Å². The van der Waals surface area contributed by atoms with Gasteiger partial charge in [-0.15, -0.1) is 0 Å². The summed E-state index contributed by atoms with van der Waals surface area (Å²) in [7, 11) is -3.09. The van der Waals surface area contributed by atoms with E-state index in [0.29, 0.717) is 11.3 Å². The van der Waals surface area contributed by atoms with Gasteiger partial charge in [-0.3, -0.25) is 0 Å². The van der Waals surface area contributed by atoms with Gasteiger partial charge in [0.05, 0.1) is 10.6 Å². The van der Waals surface area contributed by atoms with Crippen LogP contribution in [0.25, 0.3) is 0 Å². The molecule has 116 valence electrons. The molecule has 2 saturated carbocycles. The Morgan fingerprint density at radius 2 is 1.90 bits per heavy atom. The van der Waals surface area contributed by atoms with E-state index in [0.717, 1.165) is 30.0 Å². The third-order valence-electron chi connectivity index (χ3n) is 5.14. The minimum atomic E-state index is -3.09. The second-order valence-electron chi connectivity index (χ2n) is 6.66. The SMILES string of the molecule is CCCS(=O)(=O)c1ccc(NCC2CC3CCC2C3)cc1. The molecule has 1 N–H and O–H groups in total. The van der Waals surface area contributed by atoms with Gasteiger partial charge in [0.1, 0.15) is 0 Å². The van der Waals surface area contributed by atoms with Crippen molar-refractivity contribution in [2.24, 2.45) is 17.8 Å². The van der Waals surface area contributed by atoms with Crippen molar-refractivity contribution in [1.29, 1.82) is 0 Å². The average Bonchev–Trinajstić information content (AvgIpc) is 3.08. The van der Waals surface area contributed by atoms with Gasteiger partial charge in [0.25, 0.3) is 0 Å². The molecule has 0 saturated heterocycles. The molecule has 3 atom stereocenters. The lowest BCUT2D eigenvalue weighted by Crippen LogP contribution is -2.20. The Hall–Kier alpha value is -1.03. The van der Waals surface area contributed by atoms with E-state index in [1.807, 2.05) is 19.1 Å². The largest absolute Gasteiger partial charge is 0.385 e. The molecule has 3 unspecified atom stereocenters. The third kappa shape index (κ3) is 3.25. The van der Waals surface area contributed by atoms with Crippen LogP contribution in [0.2, 0.25) is 0 Å². The Labute approximate surface area is 128 Å². The summed E-state index contributed by atoms with van der Waals surface area (Å²) in [6, 6.07) is 7.26. The second kappa shape index (κ2) is 5.99. The molecule has 3 nitrogen and oxygen atoms in total. The van der Waals surface area contributed by atoms with E-state index in [1.54, 1.807) is 12.1 Å². The maximum Gasteiger partial charge on any atom is 0.178 e.